The minimum Gasteiger partial charge on any atom is -0.507 e. The highest BCUT2D eigenvalue weighted by Crippen LogP contribution is 2.23. The Morgan fingerprint density at radius 1 is 1.18 bits per heavy atom. The van der Waals surface area contributed by atoms with Gasteiger partial charge in [-0.1, -0.05) is 31.5 Å². The molecule has 0 heterocycles. The molecule has 0 spiro atoms. The van der Waals surface area contributed by atoms with Crippen LogP contribution in [0.1, 0.15) is 25.0 Å². The summed E-state index contributed by atoms with van der Waals surface area (Å²) in [7, 11) is -3.85. The lowest BCUT2D eigenvalue weighted by Gasteiger charge is -2.20. The molecule has 2 aromatic rings. The Kier molecular flexibility index (Phi) is 7.34. The number of nitrogens with one attached hydrogen (secondary N) is 2. The van der Waals surface area contributed by atoms with Crippen LogP contribution in [-0.2, 0) is 14.8 Å². The predicted molar refractivity (Wildman–Crippen MR) is 112 cm³/mol. The fourth-order valence-corrected chi connectivity index (χ4v) is 4.03. The van der Waals surface area contributed by atoms with Crippen LogP contribution in [0.15, 0.2) is 56.9 Å². The van der Waals surface area contributed by atoms with E-state index in [-0.39, 0.29) is 16.6 Å². The largest absolute Gasteiger partial charge is 0.507 e. The zero-order valence-corrected chi connectivity index (χ0v) is 18.1. The van der Waals surface area contributed by atoms with Gasteiger partial charge in [0.1, 0.15) is 11.8 Å². The number of phenolic OH excluding ortho intramolecular Hbond substituents is 1. The Labute approximate surface area is 173 Å². The number of hydrogen-bond acceptors (Lipinski definition) is 5. The number of aryl methyl sites for hydroxylation is 1. The molecule has 28 heavy (non-hydrogen) atoms. The summed E-state index contributed by atoms with van der Waals surface area (Å²) in [6, 6.07) is 10.1. The van der Waals surface area contributed by atoms with Gasteiger partial charge in [0, 0.05) is 0 Å². The topological polar surface area (TPSA) is 108 Å². The van der Waals surface area contributed by atoms with Gasteiger partial charge < -0.3 is 5.11 Å². The van der Waals surface area contributed by atoms with Gasteiger partial charge in [0.25, 0.3) is 5.91 Å². The van der Waals surface area contributed by atoms with Crippen molar-refractivity contribution < 1.29 is 18.3 Å². The van der Waals surface area contributed by atoms with Gasteiger partial charge in [-0.25, -0.2) is 13.8 Å². The van der Waals surface area contributed by atoms with Crippen LogP contribution < -0.4 is 10.1 Å². The molecule has 0 saturated carbocycles. The van der Waals surface area contributed by atoms with Crippen molar-refractivity contribution in [3.05, 3.63) is 58.1 Å². The number of rotatable bonds is 7. The molecule has 1 amide bonds. The number of halogens is 1. The van der Waals surface area contributed by atoms with Gasteiger partial charge in [0.15, 0.2) is 0 Å². The maximum Gasteiger partial charge on any atom is 0.258 e. The van der Waals surface area contributed by atoms with E-state index in [2.05, 4.69) is 31.2 Å². The summed E-state index contributed by atoms with van der Waals surface area (Å²) in [5.41, 5.74) is 3.94. The van der Waals surface area contributed by atoms with E-state index in [0.717, 1.165) is 5.56 Å². The van der Waals surface area contributed by atoms with Gasteiger partial charge in [0.2, 0.25) is 10.0 Å². The molecule has 0 radical (unpaired) electrons. The van der Waals surface area contributed by atoms with E-state index in [1.165, 1.54) is 24.4 Å². The maximum absolute atomic E-state index is 12.6. The lowest BCUT2D eigenvalue weighted by molar-refractivity contribution is -0.123. The molecule has 3 N–H and O–H groups in total. The van der Waals surface area contributed by atoms with Crippen LogP contribution in [0.2, 0.25) is 0 Å². The second kappa shape index (κ2) is 9.31. The first-order valence-corrected chi connectivity index (χ1v) is 10.8. The van der Waals surface area contributed by atoms with Crippen molar-refractivity contribution in [3.63, 3.8) is 0 Å². The van der Waals surface area contributed by atoms with Crippen molar-refractivity contribution in [2.24, 2.45) is 11.0 Å². The summed E-state index contributed by atoms with van der Waals surface area (Å²) in [4.78, 5) is 12.5. The van der Waals surface area contributed by atoms with Crippen LogP contribution in [0.5, 0.6) is 5.75 Å². The standard InChI is InChI=1S/C19H22BrN3O4S/c1-12(2)18(23-28(26,27)15-7-4-13(3)5-8-15)19(25)22-21-11-14-6-9-17(24)16(20)10-14/h4-12,18,23-24H,1-3H3,(H,22,25)/b21-11-/t18-/m0/s1. The van der Waals surface area contributed by atoms with Gasteiger partial charge in [-0.15, -0.1) is 0 Å². The highest BCUT2D eigenvalue weighted by Gasteiger charge is 2.28. The molecule has 150 valence electrons. The van der Waals surface area contributed by atoms with Crippen LogP contribution in [0, 0.1) is 12.8 Å². The molecule has 0 aliphatic rings. The van der Waals surface area contributed by atoms with Crippen molar-refractivity contribution in [3.8, 4) is 5.75 Å². The SMILES string of the molecule is Cc1ccc(S(=O)(=O)N[C@H](C(=O)N/N=C\c2ccc(O)c(Br)c2)C(C)C)cc1. The maximum atomic E-state index is 12.6. The van der Waals surface area contributed by atoms with E-state index >= 15 is 0 Å². The fraction of sp³-hybridized carbons (Fsp3) is 0.263. The molecule has 9 heteroatoms. The second-order valence-corrected chi connectivity index (χ2v) is 9.17. The quantitative estimate of drug-likeness (QED) is 0.429. The number of hydrazone groups is 1. The van der Waals surface area contributed by atoms with Crippen LogP contribution >= 0.6 is 15.9 Å². The Bertz CT molecular complexity index is 973. The minimum absolute atomic E-state index is 0.0894. The number of carbonyl (C=O) groups excluding carboxylic acids is 1. The molecule has 0 aliphatic carbocycles. The summed E-state index contributed by atoms with van der Waals surface area (Å²) in [6.07, 6.45) is 1.40. The summed E-state index contributed by atoms with van der Waals surface area (Å²) in [6.45, 7) is 5.34. The average Bonchev–Trinajstić information content (AvgIpc) is 2.62. The zero-order valence-electron chi connectivity index (χ0n) is 15.7. The van der Waals surface area contributed by atoms with Gasteiger partial charge in [-0.3, -0.25) is 4.79 Å². The molecule has 0 bridgehead atoms. The molecule has 0 fully saturated rings. The fourth-order valence-electron chi connectivity index (χ4n) is 2.29. The van der Waals surface area contributed by atoms with Crippen LogP contribution in [0.25, 0.3) is 0 Å². The molecule has 1 atom stereocenters. The summed E-state index contributed by atoms with van der Waals surface area (Å²) < 4.78 is 28.1. The van der Waals surface area contributed by atoms with Crippen LogP contribution in [0.3, 0.4) is 0 Å². The molecule has 0 aromatic heterocycles. The lowest BCUT2D eigenvalue weighted by atomic mass is 10.1. The Hall–Kier alpha value is -2.23. The summed E-state index contributed by atoms with van der Waals surface area (Å²) >= 11 is 3.19. The van der Waals surface area contributed by atoms with E-state index in [1.54, 1.807) is 38.1 Å². The number of aromatic hydroxyl groups is 1. The highest BCUT2D eigenvalue weighted by molar-refractivity contribution is 9.10. The third-order valence-electron chi connectivity index (χ3n) is 3.92. The molecule has 0 aliphatic heterocycles. The van der Waals surface area contributed by atoms with Gasteiger partial charge in [-0.05, 0) is 64.7 Å². The number of phenols is 1. The Morgan fingerprint density at radius 2 is 1.82 bits per heavy atom. The van der Waals surface area contributed by atoms with E-state index in [9.17, 15) is 18.3 Å². The van der Waals surface area contributed by atoms with E-state index in [4.69, 9.17) is 0 Å². The summed E-state index contributed by atoms with van der Waals surface area (Å²) in [5, 5.41) is 13.4. The van der Waals surface area contributed by atoms with Gasteiger partial charge in [0.05, 0.1) is 15.6 Å². The molecule has 0 unspecified atom stereocenters. The molecule has 0 saturated heterocycles. The molecule has 7 nitrogen and oxygen atoms in total. The molecular formula is C19H22BrN3O4S. The average molecular weight is 468 g/mol. The number of carbonyl (C=O) groups is 1. The van der Waals surface area contributed by atoms with Gasteiger partial charge in [-0.2, -0.15) is 9.82 Å². The molecule has 2 aromatic carbocycles. The summed E-state index contributed by atoms with van der Waals surface area (Å²) in [5.74, 6) is -0.774. The number of hydrogen-bond donors (Lipinski definition) is 3. The lowest BCUT2D eigenvalue weighted by Crippen LogP contribution is -2.48. The first-order valence-electron chi connectivity index (χ1n) is 8.50. The predicted octanol–water partition coefficient (Wildman–Crippen LogP) is 2.92. The van der Waals surface area contributed by atoms with E-state index in [0.29, 0.717) is 10.0 Å². The van der Waals surface area contributed by atoms with Crippen molar-refractivity contribution in [2.75, 3.05) is 0 Å². The van der Waals surface area contributed by atoms with E-state index < -0.39 is 22.0 Å². The van der Waals surface area contributed by atoms with E-state index in [1.807, 2.05) is 6.92 Å². The first kappa shape index (κ1) is 22.1. The minimum atomic E-state index is -3.85. The molecular weight excluding hydrogens is 446 g/mol. The normalized spacial score (nSPS) is 13.0. The first-order chi connectivity index (χ1) is 13.1. The monoisotopic (exact) mass is 467 g/mol. The Morgan fingerprint density at radius 3 is 2.39 bits per heavy atom. The third kappa shape index (κ3) is 5.88. The van der Waals surface area contributed by atoms with Crippen molar-refractivity contribution in [2.45, 2.75) is 31.7 Å². The smallest absolute Gasteiger partial charge is 0.258 e. The second-order valence-electron chi connectivity index (χ2n) is 6.60. The Balaban J connectivity index is 2.10. The van der Waals surface area contributed by atoms with Crippen molar-refractivity contribution >= 4 is 38.1 Å². The zero-order chi connectivity index (χ0) is 20.9. The number of amides is 1. The number of sulfonamides is 1. The van der Waals surface area contributed by atoms with Crippen LogP contribution in [0.4, 0.5) is 0 Å². The number of nitrogens with zero attached hydrogens (tertiary/aromatic N) is 1. The molecule has 2 rings (SSSR count). The number of benzene rings is 2. The van der Waals surface area contributed by atoms with Gasteiger partial charge >= 0.3 is 0 Å². The van der Waals surface area contributed by atoms with Crippen LogP contribution in [-0.4, -0.2) is 31.7 Å². The van der Waals surface area contributed by atoms with Crippen molar-refractivity contribution in [1.82, 2.24) is 10.1 Å². The highest BCUT2D eigenvalue weighted by atomic mass is 79.9. The van der Waals surface area contributed by atoms with Crippen molar-refractivity contribution in [1.29, 1.82) is 0 Å². The third-order valence-corrected chi connectivity index (χ3v) is 6.01.